The molecule has 14 heavy (non-hydrogen) atoms. The fourth-order valence-electron chi connectivity index (χ4n) is 1.31. The van der Waals surface area contributed by atoms with Gasteiger partial charge in [-0.1, -0.05) is 27.8 Å². The number of aliphatic hydroxyl groups is 1. The van der Waals surface area contributed by atoms with E-state index in [0.717, 1.165) is 10.0 Å². The van der Waals surface area contributed by atoms with Crippen LogP contribution in [0.3, 0.4) is 0 Å². The van der Waals surface area contributed by atoms with E-state index in [2.05, 4.69) is 39.9 Å². The summed E-state index contributed by atoms with van der Waals surface area (Å²) in [6.45, 7) is 4.21. The van der Waals surface area contributed by atoms with Crippen molar-refractivity contribution in [2.75, 3.05) is 6.61 Å². The summed E-state index contributed by atoms with van der Waals surface area (Å²) in [4.78, 5) is 0. The van der Waals surface area contributed by atoms with Crippen molar-refractivity contribution in [1.29, 1.82) is 0 Å². The molecule has 0 aliphatic heterocycles. The third-order valence-corrected chi connectivity index (χ3v) is 2.41. The molecule has 1 aromatic rings. The minimum atomic E-state index is 0.127. The Bertz CT molecular complexity index is 362. The second-order valence-electron chi connectivity index (χ2n) is 3.19. The van der Waals surface area contributed by atoms with E-state index in [1.165, 1.54) is 11.1 Å². The molecule has 1 N–H and O–H groups in total. The Kier molecular flexibility index (Phi) is 4.19. The van der Waals surface area contributed by atoms with Gasteiger partial charge >= 0.3 is 0 Å². The first-order valence-corrected chi connectivity index (χ1v) is 5.31. The van der Waals surface area contributed by atoms with Gasteiger partial charge in [0.25, 0.3) is 0 Å². The lowest BCUT2D eigenvalue weighted by molar-refractivity contribution is 0.305. The topological polar surface area (TPSA) is 20.2 Å². The average Bonchev–Trinajstić information content (AvgIpc) is 2.09. The van der Waals surface area contributed by atoms with Crippen LogP contribution in [0.15, 0.2) is 16.6 Å². The predicted octanol–water partition coefficient (Wildman–Crippen LogP) is 2.80. The van der Waals surface area contributed by atoms with Crippen LogP contribution in [0, 0.1) is 25.7 Å². The standard InChI is InChI=1S/C12H13BrO/c1-9-7-11(13)8-10(2)12(9)5-3-4-6-14/h7-8,14H,4,6H2,1-2H3. The highest BCUT2D eigenvalue weighted by atomic mass is 79.9. The molecule has 0 amide bonds. The van der Waals surface area contributed by atoms with Gasteiger partial charge in [0.2, 0.25) is 0 Å². The van der Waals surface area contributed by atoms with Crippen LogP contribution in [0.2, 0.25) is 0 Å². The van der Waals surface area contributed by atoms with Crippen molar-refractivity contribution >= 4 is 15.9 Å². The van der Waals surface area contributed by atoms with Crippen molar-refractivity contribution in [1.82, 2.24) is 0 Å². The van der Waals surface area contributed by atoms with Crippen LogP contribution in [-0.2, 0) is 0 Å². The Labute approximate surface area is 93.3 Å². The molecule has 0 bridgehead atoms. The number of aryl methyl sites for hydroxylation is 2. The molecular weight excluding hydrogens is 240 g/mol. The Balaban J connectivity index is 3.04. The first kappa shape index (κ1) is 11.3. The second-order valence-corrected chi connectivity index (χ2v) is 4.11. The third-order valence-electron chi connectivity index (χ3n) is 1.95. The average molecular weight is 253 g/mol. The molecule has 0 aromatic heterocycles. The first-order valence-electron chi connectivity index (χ1n) is 4.51. The van der Waals surface area contributed by atoms with E-state index in [1.807, 2.05) is 13.8 Å². The maximum Gasteiger partial charge on any atom is 0.0540 e. The minimum Gasteiger partial charge on any atom is -0.395 e. The molecule has 0 saturated carbocycles. The molecule has 1 rings (SSSR count). The van der Waals surface area contributed by atoms with Crippen molar-refractivity contribution in [3.05, 3.63) is 33.3 Å². The number of halogens is 1. The molecule has 0 fully saturated rings. The lowest BCUT2D eigenvalue weighted by Crippen LogP contribution is -1.88. The quantitative estimate of drug-likeness (QED) is 0.763. The first-order chi connectivity index (χ1) is 6.65. The molecule has 0 unspecified atom stereocenters. The fourth-order valence-corrected chi connectivity index (χ4v) is 2.00. The van der Waals surface area contributed by atoms with Crippen molar-refractivity contribution in [2.45, 2.75) is 20.3 Å². The summed E-state index contributed by atoms with van der Waals surface area (Å²) in [5.74, 6) is 6.02. The van der Waals surface area contributed by atoms with E-state index in [9.17, 15) is 0 Å². The molecule has 0 aliphatic carbocycles. The summed E-state index contributed by atoms with van der Waals surface area (Å²) in [5, 5.41) is 8.62. The van der Waals surface area contributed by atoms with E-state index < -0.39 is 0 Å². The van der Waals surface area contributed by atoms with Gasteiger partial charge < -0.3 is 5.11 Å². The Morgan fingerprint density at radius 3 is 2.36 bits per heavy atom. The second kappa shape index (κ2) is 5.19. The number of hydrogen-bond donors (Lipinski definition) is 1. The Hall–Kier alpha value is -0.780. The summed E-state index contributed by atoms with van der Waals surface area (Å²) < 4.78 is 1.08. The molecule has 0 spiro atoms. The van der Waals surface area contributed by atoms with Gasteiger partial charge in [0.1, 0.15) is 0 Å². The monoisotopic (exact) mass is 252 g/mol. The van der Waals surface area contributed by atoms with E-state index in [0.29, 0.717) is 6.42 Å². The maximum absolute atomic E-state index is 8.62. The number of aliphatic hydroxyl groups excluding tert-OH is 1. The summed E-state index contributed by atoms with van der Waals surface area (Å²) in [7, 11) is 0. The van der Waals surface area contributed by atoms with Crippen LogP contribution in [0.4, 0.5) is 0 Å². The van der Waals surface area contributed by atoms with E-state index in [4.69, 9.17) is 5.11 Å². The molecule has 1 nitrogen and oxygen atoms in total. The summed E-state index contributed by atoms with van der Waals surface area (Å²) in [5.41, 5.74) is 3.41. The van der Waals surface area contributed by atoms with Gasteiger partial charge in [0.05, 0.1) is 6.61 Å². The van der Waals surface area contributed by atoms with Gasteiger partial charge in [-0.25, -0.2) is 0 Å². The molecule has 2 heteroatoms. The van der Waals surface area contributed by atoms with Gasteiger partial charge in [-0.2, -0.15) is 0 Å². The van der Waals surface area contributed by atoms with Crippen molar-refractivity contribution < 1.29 is 5.11 Å². The van der Waals surface area contributed by atoms with Crippen LogP contribution in [0.25, 0.3) is 0 Å². The normalized spacial score (nSPS) is 9.43. The lowest BCUT2D eigenvalue weighted by atomic mass is 10.0. The van der Waals surface area contributed by atoms with Gasteiger partial charge in [-0.3, -0.25) is 0 Å². The molecule has 0 saturated heterocycles. The molecule has 0 aliphatic rings. The highest BCUT2D eigenvalue weighted by Gasteiger charge is 2.00. The summed E-state index contributed by atoms with van der Waals surface area (Å²) in [6, 6.07) is 4.10. The molecule has 74 valence electrons. The zero-order valence-corrected chi connectivity index (χ0v) is 9.98. The van der Waals surface area contributed by atoms with Gasteiger partial charge in [-0.05, 0) is 37.1 Å². The van der Waals surface area contributed by atoms with Crippen molar-refractivity contribution in [3.63, 3.8) is 0 Å². The number of hydrogen-bond acceptors (Lipinski definition) is 1. The van der Waals surface area contributed by atoms with Gasteiger partial charge in [0, 0.05) is 16.5 Å². The smallest absolute Gasteiger partial charge is 0.0540 e. The van der Waals surface area contributed by atoms with E-state index in [1.54, 1.807) is 0 Å². The van der Waals surface area contributed by atoms with Gasteiger partial charge in [0.15, 0.2) is 0 Å². The van der Waals surface area contributed by atoms with E-state index >= 15 is 0 Å². The minimum absolute atomic E-state index is 0.127. The zero-order chi connectivity index (χ0) is 10.6. The highest BCUT2D eigenvalue weighted by molar-refractivity contribution is 9.10. The van der Waals surface area contributed by atoms with Crippen LogP contribution in [0.1, 0.15) is 23.1 Å². The van der Waals surface area contributed by atoms with Crippen molar-refractivity contribution in [2.24, 2.45) is 0 Å². The Morgan fingerprint density at radius 2 is 1.86 bits per heavy atom. The molecule has 1 aromatic carbocycles. The molecule has 0 radical (unpaired) electrons. The summed E-state index contributed by atoms with van der Waals surface area (Å²) >= 11 is 3.44. The highest BCUT2D eigenvalue weighted by Crippen LogP contribution is 2.19. The Morgan fingerprint density at radius 1 is 1.29 bits per heavy atom. The maximum atomic E-state index is 8.62. The van der Waals surface area contributed by atoms with E-state index in [-0.39, 0.29) is 6.61 Å². The predicted molar refractivity (Wildman–Crippen MR) is 62.2 cm³/mol. The fraction of sp³-hybridized carbons (Fsp3) is 0.333. The lowest BCUT2D eigenvalue weighted by Gasteiger charge is -2.03. The molecular formula is C12H13BrO. The molecule has 0 heterocycles. The summed E-state index contributed by atoms with van der Waals surface area (Å²) in [6.07, 6.45) is 0.537. The zero-order valence-electron chi connectivity index (χ0n) is 8.39. The van der Waals surface area contributed by atoms with Gasteiger partial charge in [-0.15, -0.1) is 0 Å². The van der Waals surface area contributed by atoms with Crippen LogP contribution in [0.5, 0.6) is 0 Å². The SMILES string of the molecule is Cc1cc(Br)cc(C)c1C#CCCO. The van der Waals surface area contributed by atoms with Crippen LogP contribution < -0.4 is 0 Å². The number of benzene rings is 1. The van der Waals surface area contributed by atoms with Crippen LogP contribution in [-0.4, -0.2) is 11.7 Å². The van der Waals surface area contributed by atoms with Crippen LogP contribution >= 0.6 is 15.9 Å². The number of rotatable bonds is 1. The third kappa shape index (κ3) is 2.87. The van der Waals surface area contributed by atoms with Crippen molar-refractivity contribution in [3.8, 4) is 11.8 Å². The molecule has 0 atom stereocenters. The largest absolute Gasteiger partial charge is 0.395 e.